The molecule has 0 unspecified atom stereocenters. The molecule has 0 atom stereocenters. The van der Waals surface area contributed by atoms with E-state index < -0.39 is 11.6 Å². The standard InChI is InChI=1S/C9H13NO4/c1-3-5-6-7(8(11)13-4-2)9(12)14-10-6/h10H,3-5H2,1-2H3. The van der Waals surface area contributed by atoms with Crippen LogP contribution in [0.5, 0.6) is 0 Å². The highest BCUT2D eigenvalue weighted by molar-refractivity contribution is 5.90. The molecule has 0 saturated carbocycles. The number of nitrogens with one attached hydrogen (secondary N) is 1. The summed E-state index contributed by atoms with van der Waals surface area (Å²) in [6.07, 6.45) is 1.42. The van der Waals surface area contributed by atoms with Gasteiger partial charge in [0.25, 0.3) is 0 Å². The average molecular weight is 199 g/mol. The Kier molecular flexibility index (Phi) is 3.50. The highest BCUT2D eigenvalue weighted by atomic mass is 16.5. The number of rotatable bonds is 4. The van der Waals surface area contributed by atoms with Gasteiger partial charge in [-0.3, -0.25) is 0 Å². The van der Waals surface area contributed by atoms with E-state index in [0.717, 1.165) is 6.42 Å². The first kappa shape index (κ1) is 10.6. The van der Waals surface area contributed by atoms with Crippen molar-refractivity contribution in [2.75, 3.05) is 6.61 Å². The molecular weight excluding hydrogens is 186 g/mol. The number of hydrogen-bond acceptors (Lipinski definition) is 4. The van der Waals surface area contributed by atoms with Crippen molar-refractivity contribution in [3.05, 3.63) is 21.7 Å². The summed E-state index contributed by atoms with van der Waals surface area (Å²) < 4.78 is 9.27. The van der Waals surface area contributed by atoms with Gasteiger partial charge in [0.05, 0.1) is 12.3 Å². The summed E-state index contributed by atoms with van der Waals surface area (Å²) >= 11 is 0. The van der Waals surface area contributed by atoms with Crippen molar-refractivity contribution in [2.45, 2.75) is 26.7 Å². The number of carbonyl (C=O) groups is 1. The maximum absolute atomic E-state index is 11.3. The van der Waals surface area contributed by atoms with Crippen LogP contribution in [0.25, 0.3) is 0 Å². The van der Waals surface area contributed by atoms with Gasteiger partial charge in [-0.1, -0.05) is 13.3 Å². The van der Waals surface area contributed by atoms with E-state index in [1.165, 1.54) is 0 Å². The summed E-state index contributed by atoms with van der Waals surface area (Å²) in [5.74, 6) is -0.619. The molecule has 0 aromatic carbocycles. The summed E-state index contributed by atoms with van der Waals surface area (Å²) in [5, 5.41) is 2.43. The first-order chi connectivity index (χ1) is 6.70. The monoisotopic (exact) mass is 199 g/mol. The zero-order valence-electron chi connectivity index (χ0n) is 8.25. The number of hydrogen-bond donors (Lipinski definition) is 1. The molecule has 0 aliphatic heterocycles. The second-order valence-electron chi connectivity index (χ2n) is 2.82. The largest absolute Gasteiger partial charge is 0.462 e. The zero-order valence-corrected chi connectivity index (χ0v) is 8.25. The molecule has 14 heavy (non-hydrogen) atoms. The van der Waals surface area contributed by atoms with Gasteiger partial charge < -0.3 is 9.26 Å². The summed E-state index contributed by atoms with van der Waals surface area (Å²) in [6, 6.07) is 0. The second-order valence-corrected chi connectivity index (χ2v) is 2.82. The SMILES string of the molecule is CCCc1[nH]oc(=O)c1C(=O)OCC. The highest BCUT2D eigenvalue weighted by Gasteiger charge is 2.20. The third-order valence-corrected chi connectivity index (χ3v) is 1.75. The summed E-state index contributed by atoms with van der Waals surface area (Å²) in [5.41, 5.74) is -0.156. The number of esters is 1. The molecule has 0 saturated heterocycles. The van der Waals surface area contributed by atoms with Gasteiger partial charge in [-0.2, -0.15) is 0 Å². The first-order valence-corrected chi connectivity index (χ1v) is 4.58. The Morgan fingerprint density at radius 2 is 2.21 bits per heavy atom. The number of aryl methyl sites for hydroxylation is 1. The van der Waals surface area contributed by atoms with E-state index >= 15 is 0 Å². The van der Waals surface area contributed by atoms with Crippen LogP contribution in [-0.4, -0.2) is 17.7 Å². The van der Waals surface area contributed by atoms with Crippen molar-refractivity contribution < 1.29 is 14.1 Å². The number of aromatic nitrogens is 1. The molecule has 1 heterocycles. The maximum Gasteiger partial charge on any atom is 0.372 e. The Morgan fingerprint density at radius 3 is 2.79 bits per heavy atom. The van der Waals surface area contributed by atoms with Gasteiger partial charge in [0.2, 0.25) is 0 Å². The molecule has 0 spiro atoms. The summed E-state index contributed by atoms with van der Waals surface area (Å²) in [7, 11) is 0. The van der Waals surface area contributed by atoms with Crippen molar-refractivity contribution in [3.63, 3.8) is 0 Å². The number of H-pyrrole nitrogens is 1. The lowest BCUT2D eigenvalue weighted by Gasteiger charge is -1.99. The van der Waals surface area contributed by atoms with E-state index in [2.05, 4.69) is 9.68 Å². The van der Waals surface area contributed by atoms with Gasteiger partial charge in [-0.25, -0.2) is 14.7 Å². The first-order valence-electron chi connectivity index (χ1n) is 4.58. The van der Waals surface area contributed by atoms with Crippen molar-refractivity contribution in [1.82, 2.24) is 5.16 Å². The van der Waals surface area contributed by atoms with Gasteiger partial charge in [0.1, 0.15) is 0 Å². The van der Waals surface area contributed by atoms with Gasteiger partial charge in [0, 0.05) is 0 Å². The average Bonchev–Trinajstić information content (AvgIpc) is 2.48. The highest BCUT2D eigenvalue weighted by Crippen LogP contribution is 2.05. The van der Waals surface area contributed by atoms with Gasteiger partial charge in [-0.15, -0.1) is 0 Å². The Labute approximate surface area is 81.0 Å². The molecule has 1 rings (SSSR count). The van der Waals surface area contributed by atoms with Gasteiger partial charge >= 0.3 is 11.6 Å². The van der Waals surface area contributed by atoms with E-state index in [9.17, 15) is 9.59 Å². The van der Waals surface area contributed by atoms with E-state index in [-0.39, 0.29) is 12.2 Å². The van der Waals surface area contributed by atoms with Gasteiger partial charge in [0.15, 0.2) is 5.56 Å². The zero-order chi connectivity index (χ0) is 10.6. The molecule has 0 fully saturated rings. The third kappa shape index (κ3) is 2.04. The Balaban J connectivity index is 2.98. The Morgan fingerprint density at radius 1 is 1.50 bits per heavy atom. The Bertz CT molecular complexity index is 363. The topological polar surface area (TPSA) is 72.3 Å². The molecule has 5 heteroatoms. The molecule has 0 radical (unpaired) electrons. The minimum absolute atomic E-state index is 0.00583. The van der Waals surface area contributed by atoms with Crippen LogP contribution < -0.4 is 5.63 Å². The van der Waals surface area contributed by atoms with Crippen LogP contribution in [0.15, 0.2) is 9.32 Å². The molecule has 1 N–H and O–H groups in total. The van der Waals surface area contributed by atoms with Crippen LogP contribution in [0.2, 0.25) is 0 Å². The Hall–Kier alpha value is -1.52. The fourth-order valence-electron chi connectivity index (χ4n) is 1.17. The van der Waals surface area contributed by atoms with E-state index in [0.29, 0.717) is 12.1 Å². The minimum Gasteiger partial charge on any atom is -0.462 e. The minimum atomic E-state index is -0.660. The molecule has 1 aromatic rings. The molecule has 78 valence electrons. The normalized spacial score (nSPS) is 10.1. The number of aromatic amines is 1. The van der Waals surface area contributed by atoms with E-state index in [1.807, 2.05) is 6.92 Å². The fourth-order valence-corrected chi connectivity index (χ4v) is 1.17. The molecule has 0 aliphatic carbocycles. The van der Waals surface area contributed by atoms with Crippen LogP contribution in [0, 0.1) is 0 Å². The van der Waals surface area contributed by atoms with Crippen molar-refractivity contribution >= 4 is 5.97 Å². The van der Waals surface area contributed by atoms with Crippen LogP contribution >= 0.6 is 0 Å². The second kappa shape index (κ2) is 4.64. The van der Waals surface area contributed by atoms with Crippen LogP contribution in [0.4, 0.5) is 0 Å². The van der Waals surface area contributed by atoms with Crippen molar-refractivity contribution in [1.29, 1.82) is 0 Å². The smallest absolute Gasteiger partial charge is 0.372 e. The lowest BCUT2D eigenvalue weighted by atomic mass is 10.1. The quantitative estimate of drug-likeness (QED) is 0.737. The van der Waals surface area contributed by atoms with Crippen molar-refractivity contribution in [3.8, 4) is 0 Å². The summed E-state index contributed by atoms with van der Waals surface area (Å²) in [4.78, 5) is 22.5. The molecule has 1 aromatic heterocycles. The molecule has 0 amide bonds. The molecular formula is C9H13NO4. The molecule has 0 bridgehead atoms. The lowest BCUT2D eigenvalue weighted by Crippen LogP contribution is -2.15. The van der Waals surface area contributed by atoms with Crippen LogP contribution in [0.1, 0.15) is 36.3 Å². The number of carbonyl (C=O) groups excluding carboxylic acids is 1. The maximum atomic E-state index is 11.3. The molecule has 0 aliphatic rings. The lowest BCUT2D eigenvalue weighted by molar-refractivity contribution is 0.0522. The van der Waals surface area contributed by atoms with Crippen molar-refractivity contribution in [2.24, 2.45) is 0 Å². The number of ether oxygens (including phenoxy) is 1. The van der Waals surface area contributed by atoms with Gasteiger partial charge in [-0.05, 0) is 13.3 Å². The third-order valence-electron chi connectivity index (χ3n) is 1.75. The van der Waals surface area contributed by atoms with Crippen LogP contribution in [0.3, 0.4) is 0 Å². The van der Waals surface area contributed by atoms with E-state index in [4.69, 9.17) is 4.74 Å². The van der Waals surface area contributed by atoms with Crippen LogP contribution in [-0.2, 0) is 11.2 Å². The predicted molar refractivity (Wildman–Crippen MR) is 49.3 cm³/mol. The predicted octanol–water partition coefficient (Wildman–Crippen LogP) is 1.10. The summed E-state index contributed by atoms with van der Waals surface area (Å²) in [6.45, 7) is 3.88. The fraction of sp³-hybridized carbons (Fsp3) is 0.556. The molecule has 5 nitrogen and oxygen atoms in total. The van der Waals surface area contributed by atoms with E-state index in [1.54, 1.807) is 6.92 Å².